The molecule has 0 spiro atoms. The highest BCUT2D eigenvalue weighted by molar-refractivity contribution is 7.89. The van der Waals surface area contributed by atoms with Crippen LogP contribution < -0.4 is 16.2 Å². The minimum atomic E-state index is -3.79. The highest BCUT2D eigenvalue weighted by Crippen LogP contribution is 2.27. The van der Waals surface area contributed by atoms with E-state index in [1.165, 1.54) is 4.31 Å². The average molecular weight is 470 g/mol. The van der Waals surface area contributed by atoms with Crippen molar-refractivity contribution in [1.29, 1.82) is 0 Å². The Kier molecular flexibility index (Phi) is 6.63. The van der Waals surface area contributed by atoms with Gasteiger partial charge in [0, 0.05) is 30.4 Å². The van der Waals surface area contributed by atoms with Gasteiger partial charge in [0.2, 0.25) is 15.9 Å². The number of nitrogens with zero attached hydrogens (tertiary/aromatic N) is 2. The molecule has 3 N–H and O–H groups in total. The summed E-state index contributed by atoms with van der Waals surface area (Å²) in [5, 5.41) is 3.96. The van der Waals surface area contributed by atoms with Crippen molar-refractivity contribution < 1.29 is 13.2 Å². The molecular formula is C22H23N5O3S2. The molecule has 3 aromatic rings. The number of anilines is 1. The number of para-hydroxylation sites is 2. The van der Waals surface area contributed by atoms with Crippen molar-refractivity contribution in [2.45, 2.75) is 17.7 Å². The van der Waals surface area contributed by atoms with Crippen LogP contribution in [0.4, 0.5) is 5.69 Å². The fourth-order valence-electron chi connectivity index (χ4n) is 3.70. The van der Waals surface area contributed by atoms with Gasteiger partial charge < -0.3 is 5.32 Å². The standard InChI is InChI=1S/C22H23N5O3S2/c28-21(25-26-22(31)24-18-10-2-1-3-11-18)17-9-6-14-27(15-17)32(29,30)19-12-4-7-16-8-5-13-23-20(16)19/h1-5,7-8,10-13,17H,6,9,14-15H2,(H,25,28)(H2,24,26,31). The summed E-state index contributed by atoms with van der Waals surface area (Å²) in [6, 6.07) is 18.0. The lowest BCUT2D eigenvalue weighted by Gasteiger charge is -2.31. The maximum absolute atomic E-state index is 13.3. The number of nitrogens with one attached hydrogen (secondary N) is 3. The second-order valence-electron chi connectivity index (χ2n) is 7.47. The molecule has 1 saturated heterocycles. The van der Waals surface area contributed by atoms with Crippen molar-refractivity contribution in [2.75, 3.05) is 18.4 Å². The number of hydrogen-bond acceptors (Lipinski definition) is 5. The number of carbonyl (C=O) groups is 1. The number of aromatic nitrogens is 1. The molecule has 1 fully saturated rings. The quantitative estimate of drug-likeness (QED) is 0.399. The Morgan fingerprint density at radius 1 is 1.03 bits per heavy atom. The monoisotopic (exact) mass is 469 g/mol. The topological polar surface area (TPSA) is 103 Å². The van der Waals surface area contributed by atoms with E-state index in [1.807, 2.05) is 42.5 Å². The number of thiocarbonyl (C=S) groups is 1. The molecule has 166 valence electrons. The van der Waals surface area contributed by atoms with Crippen LogP contribution in [0.5, 0.6) is 0 Å². The molecule has 1 unspecified atom stereocenters. The summed E-state index contributed by atoms with van der Waals surface area (Å²) in [4.78, 5) is 17.1. The second-order valence-corrected chi connectivity index (χ2v) is 9.78. The fourth-order valence-corrected chi connectivity index (χ4v) is 5.56. The normalized spacial score (nSPS) is 16.9. The van der Waals surface area contributed by atoms with Gasteiger partial charge in [0.15, 0.2) is 5.11 Å². The number of pyridine rings is 1. The summed E-state index contributed by atoms with van der Waals surface area (Å²) >= 11 is 5.20. The van der Waals surface area contributed by atoms with Gasteiger partial charge in [-0.25, -0.2) is 8.42 Å². The van der Waals surface area contributed by atoms with Gasteiger partial charge in [-0.3, -0.25) is 20.6 Å². The van der Waals surface area contributed by atoms with E-state index in [0.717, 1.165) is 11.1 Å². The molecule has 1 aromatic heterocycles. The largest absolute Gasteiger partial charge is 0.331 e. The van der Waals surface area contributed by atoms with Crippen LogP contribution in [0.1, 0.15) is 12.8 Å². The van der Waals surface area contributed by atoms with Crippen LogP contribution in [0.25, 0.3) is 10.9 Å². The van der Waals surface area contributed by atoms with E-state index in [4.69, 9.17) is 12.2 Å². The highest BCUT2D eigenvalue weighted by Gasteiger charge is 2.34. The summed E-state index contributed by atoms with van der Waals surface area (Å²) in [5.74, 6) is -0.799. The Bertz CT molecular complexity index is 1230. The predicted molar refractivity (Wildman–Crippen MR) is 127 cm³/mol. The van der Waals surface area contributed by atoms with Crippen LogP contribution in [0.3, 0.4) is 0 Å². The van der Waals surface area contributed by atoms with E-state index in [2.05, 4.69) is 21.2 Å². The van der Waals surface area contributed by atoms with Gasteiger partial charge in [0.25, 0.3) is 0 Å². The van der Waals surface area contributed by atoms with Gasteiger partial charge in [-0.2, -0.15) is 4.31 Å². The first-order valence-electron chi connectivity index (χ1n) is 10.2. The lowest BCUT2D eigenvalue weighted by molar-refractivity contribution is -0.126. The minimum absolute atomic E-state index is 0.0952. The van der Waals surface area contributed by atoms with Crippen molar-refractivity contribution in [3.05, 3.63) is 66.9 Å². The molecule has 1 aliphatic heterocycles. The van der Waals surface area contributed by atoms with Crippen LogP contribution in [-0.2, 0) is 14.8 Å². The minimum Gasteiger partial charge on any atom is -0.331 e. The van der Waals surface area contributed by atoms with Crippen LogP contribution in [0.2, 0.25) is 0 Å². The third-order valence-electron chi connectivity index (χ3n) is 5.30. The van der Waals surface area contributed by atoms with Gasteiger partial charge in [0.05, 0.1) is 11.4 Å². The van der Waals surface area contributed by atoms with Gasteiger partial charge in [-0.1, -0.05) is 36.4 Å². The summed E-state index contributed by atoms with van der Waals surface area (Å²) in [6.45, 7) is 0.453. The molecule has 4 rings (SSSR count). The maximum atomic E-state index is 13.3. The Hall–Kier alpha value is -3.08. The van der Waals surface area contributed by atoms with E-state index >= 15 is 0 Å². The number of fused-ring (bicyclic) bond motifs is 1. The van der Waals surface area contributed by atoms with E-state index in [1.54, 1.807) is 24.4 Å². The summed E-state index contributed by atoms with van der Waals surface area (Å²) in [6.07, 6.45) is 2.75. The molecule has 32 heavy (non-hydrogen) atoms. The fraction of sp³-hybridized carbons (Fsp3) is 0.227. The molecule has 10 heteroatoms. The van der Waals surface area contributed by atoms with E-state index in [-0.39, 0.29) is 22.5 Å². The summed E-state index contributed by atoms with van der Waals surface area (Å²) in [7, 11) is -3.79. The van der Waals surface area contributed by atoms with Crippen molar-refractivity contribution in [3.8, 4) is 0 Å². The first kappa shape index (κ1) is 22.1. The van der Waals surface area contributed by atoms with Gasteiger partial charge in [-0.05, 0) is 49.3 Å². The van der Waals surface area contributed by atoms with E-state index in [0.29, 0.717) is 24.9 Å². The van der Waals surface area contributed by atoms with Crippen LogP contribution in [-0.4, -0.2) is 41.8 Å². The highest BCUT2D eigenvalue weighted by atomic mass is 32.2. The predicted octanol–water partition coefficient (Wildman–Crippen LogP) is 2.65. The van der Waals surface area contributed by atoms with Gasteiger partial charge >= 0.3 is 0 Å². The lowest BCUT2D eigenvalue weighted by Crippen LogP contribution is -2.50. The number of rotatable bonds is 4. The Morgan fingerprint density at radius 2 is 1.81 bits per heavy atom. The molecular weight excluding hydrogens is 446 g/mol. The molecule has 1 aliphatic rings. The Labute approximate surface area is 192 Å². The Balaban J connectivity index is 1.41. The number of amides is 1. The number of piperidine rings is 1. The van der Waals surface area contributed by atoms with Crippen LogP contribution in [0, 0.1) is 5.92 Å². The number of hydrogen-bond donors (Lipinski definition) is 3. The molecule has 0 saturated carbocycles. The third-order valence-corrected chi connectivity index (χ3v) is 7.40. The zero-order chi connectivity index (χ0) is 22.6. The summed E-state index contributed by atoms with van der Waals surface area (Å²) < 4.78 is 28.1. The molecule has 0 aliphatic carbocycles. The lowest BCUT2D eigenvalue weighted by atomic mass is 9.99. The van der Waals surface area contributed by atoms with Gasteiger partial charge in [0.1, 0.15) is 4.90 Å². The number of sulfonamides is 1. The average Bonchev–Trinajstić information content (AvgIpc) is 2.83. The smallest absolute Gasteiger partial charge is 0.245 e. The van der Waals surface area contributed by atoms with Crippen LogP contribution >= 0.6 is 12.2 Å². The Morgan fingerprint density at radius 3 is 2.62 bits per heavy atom. The van der Waals surface area contributed by atoms with E-state index in [9.17, 15) is 13.2 Å². The maximum Gasteiger partial charge on any atom is 0.245 e. The van der Waals surface area contributed by atoms with Crippen molar-refractivity contribution >= 4 is 49.9 Å². The van der Waals surface area contributed by atoms with Crippen molar-refractivity contribution in [2.24, 2.45) is 5.92 Å². The third kappa shape index (κ3) is 4.87. The zero-order valence-electron chi connectivity index (χ0n) is 17.2. The molecule has 1 amide bonds. The van der Waals surface area contributed by atoms with E-state index < -0.39 is 15.9 Å². The SMILES string of the molecule is O=C(NNC(=S)Nc1ccccc1)C1CCCN(S(=O)(=O)c2cccc3cccnc23)C1. The number of carbonyl (C=O) groups excluding carboxylic acids is 1. The zero-order valence-corrected chi connectivity index (χ0v) is 18.8. The van der Waals surface area contributed by atoms with Crippen LogP contribution in [0.15, 0.2) is 71.8 Å². The first-order chi connectivity index (χ1) is 15.4. The number of benzene rings is 2. The molecule has 2 aromatic carbocycles. The molecule has 2 heterocycles. The molecule has 0 radical (unpaired) electrons. The second kappa shape index (κ2) is 9.60. The van der Waals surface area contributed by atoms with Crippen molar-refractivity contribution in [3.63, 3.8) is 0 Å². The van der Waals surface area contributed by atoms with Gasteiger partial charge in [-0.15, -0.1) is 0 Å². The summed E-state index contributed by atoms with van der Waals surface area (Å²) in [5.41, 5.74) is 6.49. The molecule has 8 nitrogen and oxygen atoms in total. The first-order valence-corrected chi connectivity index (χ1v) is 12.1. The van der Waals surface area contributed by atoms with Crippen molar-refractivity contribution in [1.82, 2.24) is 20.1 Å². The molecule has 0 bridgehead atoms. The number of hydrazine groups is 1. The molecule has 1 atom stereocenters.